The summed E-state index contributed by atoms with van der Waals surface area (Å²) >= 11 is 7.72. The summed E-state index contributed by atoms with van der Waals surface area (Å²) in [4.78, 5) is 19.0. The lowest BCUT2D eigenvalue weighted by Crippen LogP contribution is -2.33. The van der Waals surface area contributed by atoms with E-state index in [9.17, 15) is 4.79 Å². The lowest BCUT2D eigenvalue weighted by atomic mass is 10.2. The number of aliphatic imine (C=N–C) groups is 1. The number of halogens is 1. The second-order valence-electron chi connectivity index (χ2n) is 5.20. The summed E-state index contributed by atoms with van der Waals surface area (Å²) in [5, 5.41) is 1.46. The first-order chi connectivity index (χ1) is 11.7. The van der Waals surface area contributed by atoms with Crippen LogP contribution in [0.3, 0.4) is 0 Å². The number of para-hydroxylation sites is 1. The molecule has 6 heteroatoms. The molecule has 124 valence electrons. The molecule has 0 saturated heterocycles. The number of amides is 1. The summed E-state index contributed by atoms with van der Waals surface area (Å²) in [6.07, 6.45) is 0. The van der Waals surface area contributed by atoms with E-state index in [1.165, 1.54) is 11.8 Å². The van der Waals surface area contributed by atoms with Crippen LogP contribution in [0.2, 0.25) is 5.02 Å². The van der Waals surface area contributed by atoms with Crippen molar-refractivity contribution < 1.29 is 9.53 Å². The Morgan fingerprint density at radius 3 is 2.79 bits per heavy atom. The van der Waals surface area contributed by atoms with Crippen molar-refractivity contribution in [1.29, 1.82) is 0 Å². The number of nitrogens with zero attached hydrogens (tertiary/aromatic N) is 2. The molecule has 0 radical (unpaired) electrons. The van der Waals surface area contributed by atoms with Crippen molar-refractivity contribution in [2.45, 2.75) is 5.75 Å². The van der Waals surface area contributed by atoms with Crippen LogP contribution in [0.25, 0.3) is 0 Å². The lowest BCUT2D eigenvalue weighted by Gasteiger charge is -2.19. The fraction of sp³-hybridized carbons (Fsp3) is 0.222. The largest absolute Gasteiger partial charge is 0.496 e. The van der Waals surface area contributed by atoms with Gasteiger partial charge in [-0.3, -0.25) is 14.7 Å². The molecule has 0 bridgehead atoms. The summed E-state index contributed by atoms with van der Waals surface area (Å²) in [5.74, 6) is 1.16. The fourth-order valence-electron chi connectivity index (χ4n) is 2.46. The zero-order valence-corrected chi connectivity index (χ0v) is 14.8. The topological polar surface area (TPSA) is 41.9 Å². The first kappa shape index (κ1) is 16.9. The van der Waals surface area contributed by atoms with Gasteiger partial charge < -0.3 is 4.74 Å². The number of hydrogen-bond donors (Lipinski definition) is 0. The van der Waals surface area contributed by atoms with E-state index < -0.39 is 0 Å². The van der Waals surface area contributed by atoms with Crippen molar-refractivity contribution in [3.05, 3.63) is 64.7 Å². The molecule has 0 aromatic heterocycles. The van der Waals surface area contributed by atoms with Gasteiger partial charge in [-0.2, -0.15) is 0 Å². The molecule has 0 N–H and O–H groups in total. The summed E-state index contributed by atoms with van der Waals surface area (Å²) in [6, 6.07) is 15.0. The van der Waals surface area contributed by atoms with Crippen LogP contribution < -0.4 is 4.74 Å². The van der Waals surface area contributed by atoms with Gasteiger partial charge in [0.2, 0.25) is 0 Å². The van der Waals surface area contributed by atoms with Crippen LogP contribution in [-0.2, 0) is 5.75 Å². The Morgan fingerprint density at radius 2 is 2.00 bits per heavy atom. The second kappa shape index (κ2) is 7.73. The van der Waals surface area contributed by atoms with Gasteiger partial charge in [-0.25, -0.2) is 0 Å². The van der Waals surface area contributed by atoms with Gasteiger partial charge in [-0.05, 0) is 23.8 Å². The van der Waals surface area contributed by atoms with Gasteiger partial charge in [0.25, 0.3) is 5.91 Å². The molecule has 0 aliphatic carbocycles. The van der Waals surface area contributed by atoms with Gasteiger partial charge in [-0.1, -0.05) is 53.7 Å². The number of amidine groups is 1. The number of ether oxygens (including phenoxy) is 1. The van der Waals surface area contributed by atoms with Crippen LogP contribution in [0.4, 0.5) is 0 Å². The van der Waals surface area contributed by atoms with Crippen LogP contribution >= 0.6 is 23.4 Å². The average Bonchev–Trinajstić information content (AvgIpc) is 3.09. The van der Waals surface area contributed by atoms with E-state index in [1.807, 2.05) is 36.4 Å². The molecular formula is C18H17ClN2O2S. The SMILES string of the molecule is COc1ccccc1C(=O)N1CCN=C1SCc1ccccc1Cl. The Hall–Kier alpha value is -1.98. The van der Waals surface area contributed by atoms with E-state index in [4.69, 9.17) is 16.3 Å². The third-order valence-electron chi connectivity index (χ3n) is 3.70. The van der Waals surface area contributed by atoms with E-state index in [2.05, 4.69) is 4.99 Å². The fourth-order valence-corrected chi connectivity index (χ4v) is 3.79. The smallest absolute Gasteiger partial charge is 0.263 e. The molecule has 0 saturated carbocycles. The molecule has 3 rings (SSSR count). The van der Waals surface area contributed by atoms with E-state index in [0.29, 0.717) is 30.2 Å². The van der Waals surface area contributed by atoms with Gasteiger partial charge in [0.1, 0.15) is 5.75 Å². The normalized spacial score (nSPS) is 13.8. The van der Waals surface area contributed by atoms with Gasteiger partial charge in [0.15, 0.2) is 5.17 Å². The molecule has 1 heterocycles. The van der Waals surface area contributed by atoms with Gasteiger partial charge in [0, 0.05) is 17.3 Å². The highest BCUT2D eigenvalue weighted by molar-refractivity contribution is 8.13. The zero-order valence-electron chi connectivity index (χ0n) is 13.2. The van der Waals surface area contributed by atoms with Crippen LogP contribution in [0, 0.1) is 0 Å². The van der Waals surface area contributed by atoms with Crippen molar-refractivity contribution in [2.75, 3.05) is 20.2 Å². The Bertz CT molecular complexity index is 779. The highest BCUT2D eigenvalue weighted by Crippen LogP contribution is 2.27. The first-order valence-electron chi connectivity index (χ1n) is 7.56. The van der Waals surface area contributed by atoms with Crippen LogP contribution in [0.5, 0.6) is 5.75 Å². The van der Waals surface area contributed by atoms with Crippen LogP contribution in [0.1, 0.15) is 15.9 Å². The second-order valence-corrected chi connectivity index (χ2v) is 6.55. The Morgan fingerprint density at radius 1 is 1.25 bits per heavy atom. The highest BCUT2D eigenvalue weighted by atomic mass is 35.5. The monoisotopic (exact) mass is 360 g/mol. The summed E-state index contributed by atoms with van der Waals surface area (Å²) in [6.45, 7) is 1.20. The third-order valence-corrected chi connectivity index (χ3v) is 5.13. The molecule has 0 spiro atoms. The Kier molecular flexibility index (Phi) is 5.43. The van der Waals surface area contributed by atoms with Crippen molar-refractivity contribution in [3.63, 3.8) is 0 Å². The molecular weight excluding hydrogens is 344 g/mol. The molecule has 1 aliphatic rings. The molecule has 0 fully saturated rings. The minimum atomic E-state index is -0.0876. The molecule has 4 nitrogen and oxygen atoms in total. The minimum Gasteiger partial charge on any atom is -0.496 e. The molecule has 1 amide bonds. The van der Waals surface area contributed by atoms with Crippen LogP contribution in [0.15, 0.2) is 53.5 Å². The van der Waals surface area contributed by atoms with E-state index in [1.54, 1.807) is 24.1 Å². The highest BCUT2D eigenvalue weighted by Gasteiger charge is 2.27. The number of carbonyl (C=O) groups excluding carboxylic acids is 1. The maximum atomic E-state index is 12.8. The quantitative estimate of drug-likeness (QED) is 0.824. The molecule has 0 atom stereocenters. The predicted molar refractivity (Wildman–Crippen MR) is 99.1 cm³/mol. The Labute approximate surface area is 150 Å². The first-order valence-corrected chi connectivity index (χ1v) is 8.92. The lowest BCUT2D eigenvalue weighted by molar-refractivity contribution is 0.0857. The number of rotatable bonds is 4. The van der Waals surface area contributed by atoms with Crippen molar-refractivity contribution in [1.82, 2.24) is 4.90 Å². The number of hydrogen-bond acceptors (Lipinski definition) is 4. The van der Waals surface area contributed by atoms with Gasteiger partial charge in [0.05, 0.1) is 19.2 Å². The number of methoxy groups -OCH3 is 1. The van der Waals surface area contributed by atoms with Crippen molar-refractivity contribution in [3.8, 4) is 5.75 Å². The maximum absolute atomic E-state index is 12.8. The number of thioether (sulfide) groups is 1. The predicted octanol–water partition coefficient (Wildman–Crippen LogP) is 4.09. The number of carbonyl (C=O) groups is 1. The standard InChI is InChI=1S/C18H17ClN2O2S/c1-23-16-9-5-3-7-14(16)17(22)21-11-10-20-18(21)24-12-13-6-2-4-8-15(13)19/h2-9H,10-12H2,1H3. The van der Waals surface area contributed by atoms with E-state index in [0.717, 1.165) is 15.8 Å². The average molecular weight is 361 g/mol. The molecule has 2 aromatic rings. The summed E-state index contributed by atoms with van der Waals surface area (Å²) in [7, 11) is 1.57. The van der Waals surface area contributed by atoms with Crippen molar-refractivity contribution in [2.24, 2.45) is 4.99 Å². The molecule has 2 aromatic carbocycles. The summed E-state index contributed by atoms with van der Waals surface area (Å²) in [5.41, 5.74) is 1.58. The van der Waals surface area contributed by atoms with Crippen molar-refractivity contribution >= 4 is 34.4 Å². The molecule has 24 heavy (non-hydrogen) atoms. The summed E-state index contributed by atoms with van der Waals surface area (Å²) < 4.78 is 5.29. The Balaban J connectivity index is 1.73. The van der Waals surface area contributed by atoms with Gasteiger partial charge >= 0.3 is 0 Å². The number of benzene rings is 2. The van der Waals surface area contributed by atoms with E-state index in [-0.39, 0.29) is 5.91 Å². The van der Waals surface area contributed by atoms with E-state index >= 15 is 0 Å². The third kappa shape index (κ3) is 3.57. The maximum Gasteiger partial charge on any atom is 0.263 e. The molecule has 1 aliphatic heterocycles. The zero-order chi connectivity index (χ0) is 16.9. The molecule has 0 unspecified atom stereocenters. The van der Waals surface area contributed by atoms with Gasteiger partial charge in [-0.15, -0.1) is 0 Å². The minimum absolute atomic E-state index is 0.0876. The van der Waals surface area contributed by atoms with Crippen LogP contribution in [-0.4, -0.2) is 36.2 Å².